The third-order valence-corrected chi connectivity index (χ3v) is 9.06. The van der Waals surface area contributed by atoms with Gasteiger partial charge in [-0.1, -0.05) is 6.07 Å². The largest absolute Gasteiger partial charge is 0.497 e. The molecular formula is C25H35NO5. The highest BCUT2D eigenvalue weighted by Gasteiger charge is 2.70. The molecule has 0 amide bonds. The zero-order valence-electron chi connectivity index (χ0n) is 18.5. The molecule has 2 bridgehead atoms. The van der Waals surface area contributed by atoms with Crippen molar-refractivity contribution in [2.75, 3.05) is 40.0 Å². The molecule has 3 aliphatic carbocycles. The number of fused-ring (bicyclic) bond motifs is 1. The van der Waals surface area contributed by atoms with Crippen molar-refractivity contribution in [1.82, 2.24) is 4.90 Å². The molecular weight excluding hydrogens is 394 g/mol. The van der Waals surface area contributed by atoms with E-state index in [0.29, 0.717) is 32.5 Å². The van der Waals surface area contributed by atoms with Gasteiger partial charge in [0.15, 0.2) is 5.79 Å². The Bertz CT molecular complexity index is 850. The van der Waals surface area contributed by atoms with E-state index in [1.165, 1.54) is 24.0 Å². The van der Waals surface area contributed by atoms with E-state index < -0.39 is 16.8 Å². The van der Waals surface area contributed by atoms with Gasteiger partial charge in [0, 0.05) is 36.9 Å². The third kappa shape index (κ3) is 2.88. The highest BCUT2D eigenvalue weighted by Crippen LogP contribution is 2.63. The lowest BCUT2D eigenvalue weighted by Crippen LogP contribution is -2.76. The molecule has 31 heavy (non-hydrogen) atoms. The Morgan fingerprint density at radius 1 is 1.23 bits per heavy atom. The van der Waals surface area contributed by atoms with Crippen molar-refractivity contribution < 1.29 is 24.4 Å². The van der Waals surface area contributed by atoms with Crippen LogP contribution < -0.4 is 4.74 Å². The zero-order chi connectivity index (χ0) is 21.3. The van der Waals surface area contributed by atoms with Crippen LogP contribution >= 0.6 is 0 Å². The van der Waals surface area contributed by atoms with Gasteiger partial charge >= 0.3 is 0 Å². The van der Waals surface area contributed by atoms with Crippen LogP contribution in [0.25, 0.3) is 0 Å². The van der Waals surface area contributed by atoms with Gasteiger partial charge in [0.05, 0.1) is 25.9 Å². The fourth-order valence-corrected chi connectivity index (χ4v) is 7.41. The molecule has 5 aliphatic rings. The first-order valence-electron chi connectivity index (χ1n) is 12.1. The number of aliphatic hydroxyl groups excluding tert-OH is 1. The van der Waals surface area contributed by atoms with Gasteiger partial charge in [-0.2, -0.15) is 0 Å². The Morgan fingerprint density at radius 3 is 2.74 bits per heavy atom. The molecule has 0 aromatic heterocycles. The van der Waals surface area contributed by atoms with Crippen LogP contribution in [-0.4, -0.2) is 72.6 Å². The van der Waals surface area contributed by atoms with Crippen LogP contribution in [0, 0.1) is 11.8 Å². The van der Waals surface area contributed by atoms with E-state index in [1.807, 2.05) is 0 Å². The van der Waals surface area contributed by atoms with E-state index >= 15 is 0 Å². The number of benzene rings is 1. The smallest absolute Gasteiger partial charge is 0.172 e. The normalized spacial score (nSPS) is 38.7. The number of likely N-dealkylation sites (tertiary alicyclic amines) is 1. The molecule has 4 fully saturated rings. The fourth-order valence-electron chi connectivity index (χ4n) is 7.41. The molecule has 2 N–H and O–H groups in total. The third-order valence-electron chi connectivity index (χ3n) is 9.06. The molecule has 2 saturated heterocycles. The van der Waals surface area contributed by atoms with E-state index in [9.17, 15) is 10.2 Å². The molecule has 1 aromatic carbocycles. The maximum absolute atomic E-state index is 12.6. The number of hydrogen-bond acceptors (Lipinski definition) is 6. The molecule has 0 radical (unpaired) electrons. The Morgan fingerprint density at radius 2 is 2.03 bits per heavy atom. The number of hydrogen-bond donors (Lipinski definition) is 2. The summed E-state index contributed by atoms with van der Waals surface area (Å²) in [5, 5.41) is 22.5. The van der Waals surface area contributed by atoms with Gasteiger partial charge in [0.1, 0.15) is 5.75 Å². The number of aliphatic hydroxyl groups is 2. The summed E-state index contributed by atoms with van der Waals surface area (Å²) >= 11 is 0. The first-order valence-corrected chi connectivity index (χ1v) is 12.1. The standard InChI is InChI=1S/C25H35NO5/c1-29-20-5-4-18-12-22-24(28)14-19(6-9-27)25(30-10-11-31-25)16-23(24,21(18)13-20)7-8-26(22)15-17-2-3-17/h4-5,13,17,19,22,27-28H,2-3,6-12,14-16H2,1H3/t19?,22-,23-,24-/m1/s1. The Labute approximate surface area is 184 Å². The van der Waals surface area contributed by atoms with Crippen molar-refractivity contribution in [3.8, 4) is 5.75 Å². The lowest BCUT2D eigenvalue weighted by Gasteiger charge is -2.67. The van der Waals surface area contributed by atoms with Crippen molar-refractivity contribution in [1.29, 1.82) is 0 Å². The maximum atomic E-state index is 12.6. The second kappa shape index (κ2) is 7.16. The maximum Gasteiger partial charge on any atom is 0.172 e. The van der Waals surface area contributed by atoms with Gasteiger partial charge in [-0.15, -0.1) is 0 Å². The average Bonchev–Trinajstić information content (AvgIpc) is 3.47. The highest BCUT2D eigenvalue weighted by molar-refractivity contribution is 5.49. The summed E-state index contributed by atoms with van der Waals surface area (Å²) in [5.41, 5.74) is 1.26. The molecule has 2 saturated carbocycles. The molecule has 1 unspecified atom stereocenters. The molecule has 1 spiro atoms. The second-order valence-corrected chi connectivity index (χ2v) is 10.5. The topological polar surface area (TPSA) is 71.4 Å². The van der Waals surface area contributed by atoms with Crippen molar-refractivity contribution in [3.05, 3.63) is 29.3 Å². The number of nitrogens with zero attached hydrogens (tertiary/aromatic N) is 1. The number of ether oxygens (including phenoxy) is 3. The first kappa shape index (κ1) is 20.4. The quantitative estimate of drug-likeness (QED) is 0.748. The van der Waals surface area contributed by atoms with Crippen LogP contribution in [0.2, 0.25) is 0 Å². The van der Waals surface area contributed by atoms with Gasteiger partial charge in [0.25, 0.3) is 0 Å². The molecule has 6 rings (SSSR count). The van der Waals surface area contributed by atoms with Gasteiger partial charge in [-0.3, -0.25) is 4.90 Å². The number of methoxy groups -OCH3 is 1. The fraction of sp³-hybridized carbons (Fsp3) is 0.760. The molecule has 170 valence electrons. The van der Waals surface area contributed by atoms with Crippen LogP contribution in [0.3, 0.4) is 0 Å². The minimum Gasteiger partial charge on any atom is -0.497 e. The minimum atomic E-state index is -0.861. The summed E-state index contributed by atoms with van der Waals surface area (Å²) in [6.07, 6.45) is 6.25. The Hall–Kier alpha value is -1.18. The summed E-state index contributed by atoms with van der Waals surface area (Å²) < 4.78 is 18.2. The average molecular weight is 430 g/mol. The second-order valence-electron chi connectivity index (χ2n) is 10.5. The van der Waals surface area contributed by atoms with E-state index in [2.05, 4.69) is 23.1 Å². The van der Waals surface area contributed by atoms with Gasteiger partial charge in [-0.05, 0) is 74.2 Å². The lowest BCUT2D eigenvalue weighted by molar-refractivity contribution is -0.288. The number of piperidine rings is 1. The Balaban J connectivity index is 1.49. The van der Waals surface area contributed by atoms with Crippen LogP contribution in [-0.2, 0) is 21.3 Å². The molecule has 6 nitrogen and oxygen atoms in total. The van der Waals surface area contributed by atoms with Crippen molar-refractivity contribution in [3.63, 3.8) is 0 Å². The predicted molar refractivity (Wildman–Crippen MR) is 115 cm³/mol. The minimum absolute atomic E-state index is 0.00587. The van der Waals surface area contributed by atoms with E-state index in [4.69, 9.17) is 14.2 Å². The van der Waals surface area contributed by atoms with Gasteiger partial charge < -0.3 is 24.4 Å². The SMILES string of the molecule is COc1ccc2c(c1)[C@]13CCN(CC4CC4)[C@H](C2)[C@]1(O)CC(CCO)C1(C3)OCCO1. The first-order chi connectivity index (χ1) is 15.0. The zero-order valence-corrected chi connectivity index (χ0v) is 18.5. The Kier molecular flexibility index (Phi) is 4.72. The summed E-state index contributed by atoms with van der Waals surface area (Å²) in [4.78, 5) is 2.58. The summed E-state index contributed by atoms with van der Waals surface area (Å²) in [7, 11) is 1.71. The summed E-state index contributed by atoms with van der Waals surface area (Å²) in [5.74, 6) is 0.913. The van der Waals surface area contributed by atoms with Gasteiger partial charge in [-0.25, -0.2) is 0 Å². The number of rotatable bonds is 5. The molecule has 6 heteroatoms. The predicted octanol–water partition coefficient (Wildman–Crippen LogP) is 2.24. The highest BCUT2D eigenvalue weighted by atomic mass is 16.7. The molecule has 1 aromatic rings. The van der Waals surface area contributed by atoms with Crippen LogP contribution in [0.1, 0.15) is 49.7 Å². The molecule has 2 heterocycles. The van der Waals surface area contributed by atoms with Crippen molar-refractivity contribution in [2.45, 2.75) is 67.8 Å². The van der Waals surface area contributed by atoms with Crippen LogP contribution in [0.4, 0.5) is 0 Å². The molecule has 2 aliphatic heterocycles. The van der Waals surface area contributed by atoms with E-state index in [-0.39, 0.29) is 18.6 Å². The summed E-state index contributed by atoms with van der Waals surface area (Å²) in [6, 6.07) is 6.51. The molecule has 4 atom stereocenters. The van der Waals surface area contributed by atoms with E-state index in [1.54, 1.807) is 7.11 Å². The van der Waals surface area contributed by atoms with Crippen molar-refractivity contribution in [2.24, 2.45) is 11.8 Å². The summed E-state index contributed by atoms with van der Waals surface area (Å²) in [6.45, 7) is 3.35. The lowest BCUT2D eigenvalue weighted by atomic mass is 9.46. The van der Waals surface area contributed by atoms with Crippen LogP contribution in [0.15, 0.2) is 18.2 Å². The van der Waals surface area contributed by atoms with Gasteiger partial charge in [0.2, 0.25) is 0 Å². The van der Waals surface area contributed by atoms with Crippen LogP contribution in [0.5, 0.6) is 5.75 Å². The monoisotopic (exact) mass is 429 g/mol. The van der Waals surface area contributed by atoms with E-state index in [0.717, 1.165) is 37.6 Å². The van der Waals surface area contributed by atoms with Crippen molar-refractivity contribution >= 4 is 0 Å².